The summed E-state index contributed by atoms with van der Waals surface area (Å²) < 4.78 is 0.335. The molecule has 0 aromatic rings. The Balaban J connectivity index is 0. The number of Topliss-reactive ketones (excluding diaryl/α,β-unsaturated/α-hetero) is 2. The van der Waals surface area contributed by atoms with E-state index in [1.54, 1.807) is 0 Å². The molecule has 154 valence electrons. The first-order valence-electron chi connectivity index (χ1n) is 9.77. The van der Waals surface area contributed by atoms with Gasteiger partial charge in [-0.2, -0.15) is 0 Å². The second kappa shape index (κ2) is 22.5. The van der Waals surface area contributed by atoms with Gasteiger partial charge >= 0.3 is 0 Å². The van der Waals surface area contributed by atoms with Gasteiger partial charge in [0, 0.05) is 56.5 Å². The molecule has 0 radical (unpaired) electrons. The van der Waals surface area contributed by atoms with Crippen LogP contribution in [0.25, 0.3) is 0 Å². The lowest BCUT2D eigenvalue weighted by atomic mass is 10.00. The van der Waals surface area contributed by atoms with E-state index in [9.17, 15) is 9.59 Å². The second-order valence-corrected chi connectivity index (χ2v) is 7.71. The minimum atomic E-state index is -0.145. The maximum atomic E-state index is 10.8. The van der Waals surface area contributed by atoms with Crippen molar-refractivity contribution < 1.29 is 14.7 Å². The average Bonchev–Trinajstić information content (AvgIpc) is 2.70. The van der Waals surface area contributed by atoms with Crippen LogP contribution in [0.5, 0.6) is 0 Å². The van der Waals surface area contributed by atoms with Crippen LogP contribution in [0.1, 0.15) is 90.9 Å². The Labute approximate surface area is 197 Å². The predicted molar refractivity (Wildman–Crippen MR) is 138 cm³/mol. The van der Waals surface area contributed by atoms with E-state index < -0.39 is 0 Å². The third-order valence-corrected chi connectivity index (χ3v) is 5.44. The molecule has 3 aliphatic rings. The van der Waals surface area contributed by atoms with Crippen molar-refractivity contribution in [2.24, 2.45) is 0 Å². The topological polar surface area (TPSA) is 54.4 Å². The van der Waals surface area contributed by atoms with Crippen LogP contribution >= 0.6 is 59.8 Å². The SMILES string of the molecule is CC.II.O=C1CCCCC1.O=C1CCCCC1I.OC1C=CCCC1. The summed E-state index contributed by atoms with van der Waals surface area (Å²) in [7, 11) is 0. The van der Waals surface area contributed by atoms with Gasteiger partial charge < -0.3 is 5.11 Å². The largest absolute Gasteiger partial charge is 0.389 e. The lowest BCUT2D eigenvalue weighted by Gasteiger charge is -2.13. The van der Waals surface area contributed by atoms with Crippen molar-refractivity contribution >= 4 is 71.4 Å². The number of hydrogen-bond donors (Lipinski definition) is 1. The molecule has 1 N–H and O–H groups in total. The monoisotopic (exact) mass is 704 g/mol. The Bertz CT molecular complexity index is 365. The fourth-order valence-electron chi connectivity index (χ4n) is 2.68. The minimum absolute atomic E-state index is 0.145. The first-order valence-corrected chi connectivity index (χ1v) is 17.3. The Morgan fingerprint density at radius 2 is 1.46 bits per heavy atom. The highest BCUT2D eigenvalue weighted by Crippen LogP contribution is 2.20. The van der Waals surface area contributed by atoms with Gasteiger partial charge in [0.15, 0.2) is 0 Å². The van der Waals surface area contributed by atoms with Crippen molar-refractivity contribution in [3.8, 4) is 0 Å². The summed E-state index contributed by atoms with van der Waals surface area (Å²) >= 11 is 6.47. The zero-order valence-corrected chi connectivity index (χ0v) is 22.7. The van der Waals surface area contributed by atoms with Gasteiger partial charge in [0.05, 0.1) is 10.0 Å². The van der Waals surface area contributed by atoms with Gasteiger partial charge in [0.1, 0.15) is 11.6 Å². The third kappa shape index (κ3) is 18.6. The van der Waals surface area contributed by atoms with E-state index in [0.29, 0.717) is 15.5 Å². The summed E-state index contributed by atoms with van der Waals surface area (Å²) in [6.45, 7) is 4.00. The van der Waals surface area contributed by atoms with Crippen molar-refractivity contribution in [2.75, 3.05) is 0 Å². The Morgan fingerprint density at radius 3 is 1.73 bits per heavy atom. The lowest BCUT2D eigenvalue weighted by Crippen LogP contribution is -2.17. The number of halogens is 3. The summed E-state index contributed by atoms with van der Waals surface area (Å²) in [4.78, 5) is 21.2. The molecule has 3 aliphatic carbocycles. The Morgan fingerprint density at radius 1 is 0.885 bits per heavy atom. The van der Waals surface area contributed by atoms with Crippen LogP contribution in [0.3, 0.4) is 0 Å². The Hall–Kier alpha value is 1.23. The molecular weight excluding hydrogens is 669 g/mol. The zero-order chi connectivity index (χ0) is 20.2. The highest BCUT2D eigenvalue weighted by Gasteiger charge is 2.17. The molecule has 0 saturated heterocycles. The second-order valence-electron chi connectivity index (χ2n) is 6.21. The maximum Gasteiger partial charge on any atom is 0.145 e. The number of carbonyl (C=O) groups excluding carboxylic acids is 2. The van der Waals surface area contributed by atoms with Crippen molar-refractivity contribution in [3.63, 3.8) is 0 Å². The highest BCUT2D eigenvalue weighted by molar-refractivity contribution is 15.0. The summed E-state index contributed by atoms with van der Waals surface area (Å²) in [5.41, 5.74) is 0. The van der Waals surface area contributed by atoms with Crippen molar-refractivity contribution in [1.29, 1.82) is 0 Å². The van der Waals surface area contributed by atoms with Gasteiger partial charge in [-0.1, -0.05) is 61.4 Å². The number of aliphatic hydroxyl groups excluding tert-OH is 1. The molecule has 2 unspecified atom stereocenters. The summed E-state index contributed by atoms with van der Waals surface area (Å²) in [6, 6.07) is 0. The Kier molecular flexibility index (Phi) is 25.5. The number of aliphatic hydroxyl groups is 1. The van der Waals surface area contributed by atoms with Crippen LogP contribution < -0.4 is 0 Å². The molecule has 0 aromatic carbocycles. The zero-order valence-electron chi connectivity index (χ0n) is 16.2. The molecule has 3 nitrogen and oxygen atoms in total. The molecule has 2 saturated carbocycles. The predicted octanol–water partition coefficient (Wildman–Crippen LogP) is 7.34. The van der Waals surface area contributed by atoms with Crippen molar-refractivity contribution in [3.05, 3.63) is 12.2 Å². The smallest absolute Gasteiger partial charge is 0.145 e. The number of hydrogen-bond acceptors (Lipinski definition) is 3. The van der Waals surface area contributed by atoms with Crippen LogP contribution in [0.4, 0.5) is 0 Å². The van der Waals surface area contributed by atoms with Gasteiger partial charge in [-0.15, -0.1) is 0 Å². The van der Waals surface area contributed by atoms with Gasteiger partial charge in [0.2, 0.25) is 0 Å². The fourth-order valence-corrected chi connectivity index (χ4v) is 3.43. The number of alkyl halides is 1. The van der Waals surface area contributed by atoms with Crippen molar-refractivity contribution in [2.45, 2.75) is 101 Å². The highest BCUT2D eigenvalue weighted by atomic mass is 128. The van der Waals surface area contributed by atoms with Crippen LogP contribution in [-0.4, -0.2) is 26.7 Å². The molecule has 26 heavy (non-hydrogen) atoms. The van der Waals surface area contributed by atoms with Crippen LogP contribution in [0.15, 0.2) is 12.2 Å². The standard InChI is InChI=1S/C6H9IO.2C6H10O.C2H6.I2/c7-5-3-1-2-4-6(5)8;2*7-6-4-2-1-3-5-6;2*1-2/h5H,1-4H2;1-5H2;2,4,6-7H,1,3,5H2;1-2H3;. The normalized spacial score (nSPS) is 24.2. The maximum absolute atomic E-state index is 10.8. The molecule has 0 heterocycles. The van der Waals surface area contributed by atoms with E-state index in [-0.39, 0.29) is 6.10 Å². The van der Waals surface area contributed by atoms with E-state index in [0.717, 1.165) is 64.2 Å². The number of rotatable bonds is 0. The summed E-state index contributed by atoms with van der Waals surface area (Å²) in [5, 5.41) is 8.82. The summed E-state index contributed by atoms with van der Waals surface area (Å²) in [6.07, 6.45) is 16.6. The minimum Gasteiger partial charge on any atom is -0.389 e. The number of carbonyl (C=O) groups is 2. The average molecular weight is 704 g/mol. The molecule has 6 heteroatoms. The van der Waals surface area contributed by atoms with E-state index >= 15 is 0 Å². The molecule has 0 amide bonds. The van der Waals surface area contributed by atoms with Gasteiger partial charge in [-0.25, -0.2) is 0 Å². The van der Waals surface area contributed by atoms with Gasteiger partial charge in [-0.05, 0) is 44.9 Å². The van der Waals surface area contributed by atoms with Crippen LogP contribution in [-0.2, 0) is 9.59 Å². The quantitative estimate of drug-likeness (QED) is 0.163. The van der Waals surface area contributed by atoms with Crippen molar-refractivity contribution in [1.82, 2.24) is 0 Å². The molecular formula is C20H35I3O3. The molecule has 0 spiro atoms. The first-order chi connectivity index (χ1) is 12.6. The number of allylic oxidation sites excluding steroid dienone is 1. The van der Waals surface area contributed by atoms with E-state index in [1.165, 1.54) is 12.8 Å². The van der Waals surface area contributed by atoms with Gasteiger partial charge in [-0.3, -0.25) is 9.59 Å². The van der Waals surface area contributed by atoms with E-state index in [2.05, 4.69) is 59.8 Å². The van der Waals surface area contributed by atoms with Gasteiger partial charge in [0.25, 0.3) is 0 Å². The first kappa shape index (κ1) is 29.4. The van der Waals surface area contributed by atoms with Crippen LogP contribution in [0, 0.1) is 0 Å². The van der Waals surface area contributed by atoms with Crippen LogP contribution in [0.2, 0.25) is 0 Å². The molecule has 2 atom stereocenters. The lowest BCUT2D eigenvalue weighted by molar-refractivity contribution is -0.120. The summed E-state index contributed by atoms with van der Waals surface area (Å²) in [5.74, 6) is 0.920. The molecule has 2 fully saturated rings. The molecule has 0 aromatic heterocycles. The molecule has 0 aliphatic heterocycles. The fraction of sp³-hybridized carbons (Fsp3) is 0.800. The van der Waals surface area contributed by atoms with E-state index in [4.69, 9.17) is 5.11 Å². The molecule has 0 bridgehead atoms. The third-order valence-electron chi connectivity index (χ3n) is 4.12. The van der Waals surface area contributed by atoms with E-state index in [1.807, 2.05) is 26.0 Å². The number of ketones is 2. The molecule has 3 rings (SSSR count).